The van der Waals surface area contributed by atoms with Crippen LogP contribution in [0, 0.1) is 0 Å². The van der Waals surface area contributed by atoms with E-state index in [2.05, 4.69) is 14.9 Å². The van der Waals surface area contributed by atoms with Gasteiger partial charge < -0.3 is 0 Å². The molecule has 0 bridgehead atoms. The van der Waals surface area contributed by atoms with Crippen molar-refractivity contribution in [2.75, 3.05) is 14.1 Å². The predicted molar refractivity (Wildman–Crippen MR) is 48.0 cm³/mol. The second kappa shape index (κ2) is 3.86. The fourth-order valence-corrected chi connectivity index (χ4v) is 1.28. The van der Waals surface area contributed by atoms with Gasteiger partial charge in [-0.3, -0.25) is 5.10 Å². The van der Waals surface area contributed by atoms with Gasteiger partial charge in [0, 0.05) is 20.3 Å². The molecule has 0 aliphatic rings. The van der Waals surface area contributed by atoms with Crippen molar-refractivity contribution in [3.8, 4) is 0 Å². The van der Waals surface area contributed by atoms with Crippen LogP contribution in [-0.4, -0.2) is 37.0 Å². The minimum atomic E-state index is -3.34. The predicted octanol–water partition coefficient (Wildman–Crippen LogP) is -0.694. The molecular weight excluding hydrogens is 192 g/mol. The van der Waals surface area contributed by atoms with Gasteiger partial charge in [0.1, 0.15) is 0 Å². The van der Waals surface area contributed by atoms with Crippen LogP contribution in [0.15, 0.2) is 12.3 Å². The van der Waals surface area contributed by atoms with Crippen LogP contribution in [0.5, 0.6) is 0 Å². The molecule has 0 saturated heterocycles. The number of aromatic nitrogens is 2. The summed E-state index contributed by atoms with van der Waals surface area (Å²) >= 11 is 0. The lowest BCUT2D eigenvalue weighted by molar-refractivity contribution is 0.504. The summed E-state index contributed by atoms with van der Waals surface area (Å²) in [6.45, 7) is 0.223. The lowest BCUT2D eigenvalue weighted by Gasteiger charge is -2.11. The molecule has 0 spiro atoms. The molecule has 1 aromatic rings. The first kappa shape index (κ1) is 10.2. The number of nitrogens with one attached hydrogen (secondary N) is 2. The third-order valence-electron chi connectivity index (χ3n) is 1.48. The van der Waals surface area contributed by atoms with E-state index >= 15 is 0 Å². The van der Waals surface area contributed by atoms with E-state index < -0.39 is 10.2 Å². The van der Waals surface area contributed by atoms with Crippen LogP contribution in [0.4, 0.5) is 0 Å². The SMILES string of the molecule is CN(C)S(=O)(=O)NCc1ccn[nH]1. The highest BCUT2D eigenvalue weighted by atomic mass is 32.2. The van der Waals surface area contributed by atoms with Gasteiger partial charge in [0.15, 0.2) is 0 Å². The van der Waals surface area contributed by atoms with Crippen LogP contribution < -0.4 is 4.72 Å². The molecule has 1 rings (SSSR count). The van der Waals surface area contributed by atoms with E-state index in [4.69, 9.17) is 0 Å². The fraction of sp³-hybridized carbons (Fsp3) is 0.500. The van der Waals surface area contributed by atoms with Gasteiger partial charge in [-0.15, -0.1) is 0 Å². The van der Waals surface area contributed by atoms with E-state index in [1.807, 2.05) is 0 Å². The van der Waals surface area contributed by atoms with E-state index in [-0.39, 0.29) is 6.54 Å². The molecule has 0 fully saturated rings. The highest BCUT2D eigenvalue weighted by molar-refractivity contribution is 7.87. The minimum absolute atomic E-state index is 0.223. The Morgan fingerprint density at radius 1 is 1.62 bits per heavy atom. The number of rotatable bonds is 4. The standard InChI is InChI=1S/C6H12N4O2S/c1-10(2)13(11,12)8-5-6-3-4-7-9-6/h3-4,8H,5H2,1-2H3,(H,7,9). The largest absolute Gasteiger partial charge is 0.281 e. The minimum Gasteiger partial charge on any atom is -0.281 e. The maximum absolute atomic E-state index is 11.2. The van der Waals surface area contributed by atoms with Gasteiger partial charge in [-0.2, -0.15) is 22.5 Å². The quantitative estimate of drug-likeness (QED) is 0.681. The zero-order valence-electron chi connectivity index (χ0n) is 7.48. The smallest absolute Gasteiger partial charge is 0.279 e. The third-order valence-corrected chi connectivity index (χ3v) is 2.95. The highest BCUT2D eigenvalue weighted by Crippen LogP contribution is 1.94. The summed E-state index contributed by atoms with van der Waals surface area (Å²) in [5.74, 6) is 0. The highest BCUT2D eigenvalue weighted by Gasteiger charge is 2.11. The van der Waals surface area contributed by atoms with Gasteiger partial charge in [-0.25, -0.2) is 0 Å². The Labute approximate surface area is 77.1 Å². The van der Waals surface area contributed by atoms with E-state index in [1.54, 1.807) is 12.3 Å². The number of hydrogen-bond donors (Lipinski definition) is 2. The van der Waals surface area contributed by atoms with Crippen molar-refractivity contribution in [1.29, 1.82) is 0 Å². The zero-order chi connectivity index (χ0) is 9.90. The molecule has 1 heterocycles. The molecule has 2 N–H and O–H groups in total. The van der Waals surface area contributed by atoms with Crippen molar-refractivity contribution in [2.24, 2.45) is 0 Å². The van der Waals surface area contributed by atoms with Crippen LogP contribution in [0.1, 0.15) is 5.69 Å². The molecule has 0 radical (unpaired) electrons. The normalized spacial score (nSPS) is 12.2. The van der Waals surface area contributed by atoms with Crippen molar-refractivity contribution in [3.63, 3.8) is 0 Å². The first-order valence-corrected chi connectivity index (χ1v) is 5.12. The molecule has 7 heteroatoms. The summed E-state index contributed by atoms with van der Waals surface area (Å²) in [5.41, 5.74) is 0.727. The molecular formula is C6H12N4O2S. The molecule has 0 amide bonds. The lowest BCUT2D eigenvalue weighted by Crippen LogP contribution is -2.35. The number of nitrogens with zero attached hydrogens (tertiary/aromatic N) is 2. The Hall–Kier alpha value is -0.920. The molecule has 6 nitrogen and oxygen atoms in total. The Bertz CT molecular complexity index is 343. The summed E-state index contributed by atoms with van der Waals surface area (Å²) in [4.78, 5) is 0. The second-order valence-corrected chi connectivity index (χ2v) is 4.66. The van der Waals surface area contributed by atoms with Crippen molar-refractivity contribution >= 4 is 10.2 Å². The summed E-state index contributed by atoms with van der Waals surface area (Å²) < 4.78 is 25.9. The number of hydrogen-bond acceptors (Lipinski definition) is 3. The second-order valence-electron chi connectivity index (χ2n) is 2.69. The van der Waals surface area contributed by atoms with Gasteiger partial charge in [-0.1, -0.05) is 0 Å². The van der Waals surface area contributed by atoms with E-state index in [0.29, 0.717) is 0 Å². The van der Waals surface area contributed by atoms with Crippen LogP contribution in [0.3, 0.4) is 0 Å². The molecule has 1 aromatic heterocycles. The van der Waals surface area contributed by atoms with E-state index in [9.17, 15) is 8.42 Å². The average molecular weight is 204 g/mol. The van der Waals surface area contributed by atoms with E-state index in [0.717, 1.165) is 10.00 Å². The Kier molecular flexibility index (Phi) is 3.02. The van der Waals surface area contributed by atoms with Crippen LogP contribution in [0.2, 0.25) is 0 Å². The monoisotopic (exact) mass is 204 g/mol. The van der Waals surface area contributed by atoms with Crippen LogP contribution >= 0.6 is 0 Å². The molecule has 13 heavy (non-hydrogen) atoms. The molecule has 0 aliphatic carbocycles. The maximum atomic E-state index is 11.2. The molecule has 0 aliphatic heterocycles. The van der Waals surface area contributed by atoms with Crippen molar-refractivity contribution in [2.45, 2.75) is 6.54 Å². The first-order chi connectivity index (χ1) is 6.02. The molecule has 0 aromatic carbocycles. The molecule has 0 saturated carbocycles. The summed E-state index contributed by atoms with van der Waals surface area (Å²) in [5, 5.41) is 6.35. The lowest BCUT2D eigenvalue weighted by atomic mass is 10.4. The van der Waals surface area contributed by atoms with Gasteiger partial charge in [0.25, 0.3) is 10.2 Å². The van der Waals surface area contributed by atoms with Crippen molar-refractivity contribution in [1.82, 2.24) is 19.2 Å². The summed E-state index contributed by atoms with van der Waals surface area (Å²) in [7, 11) is -0.404. The summed E-state index contributed by atoms with van der Waals surface area (Å²) in [6, 6.07) is 1.71. The summed E-state index contributed by atoms with van der Waals surface area (Å²) in [6.07, 6.45) is 1.57. The van der Waals surface area contributed by atoms with Gasteiger partial charge >= 0.3 is 0 Å². The van der Waals surface area contributed by atoms with E-state index in [1.165, 1.54) is 14.1 Å². The fourth-order valence-electron chi connectivity index (χ4n) is 0.681. The number of H-pyrrole nitrogens is 1. The van der Waals surface area contributed by atoms with Crippen LogP contribution in [0.25, 0.3) is 0 Å². The van der Waals surface area contributed by atoms with Gasteiger partial charge in [0.2, 0.25) is 0 Å². The maximum Gasteiger partial charge on any atom is 0.279 e. The first-order valence-electron chi connectivity index (χ1n) is 3.68. The topological polar surface area (TPSA) is 78.1 Å². The third kappa shape index (κ3) is 2.79. The molecule has 0 atom stereocenters. The number of aromatic amines is 1. The Morgan fingerprint density at radius 3 is 2.77 bits per heavy atom. The van der Waals surface area contributed by atoms with Crippen LogP contribution in [-0.2, 0) is 16.8 Å². The molecule has 0 unspecified atom stereocenters. The zero-order valence-corrected chi connectivity index (χ0v) is 8.30. The average Bonchev–Trinajstić information content (AvgIpc) is 2.52. The Morgan fingerprint density at radius 2 is 2.31 bits per heavy atom. The Balaban J connectivity index is 2.53. The van der Waals surface area contributed by atoms with Crippen molar-refractivity contribution in [3.05, 3.63) is 18.0 Å². The van der Waals surface area contributed by atoms with Gasteiger partial charge in [0.05, 0.1) is 12.2 Å². The van der Waals surface area contributed by atoms with Gasteiger partial charge in [-0.05, 0) is 6.07 Å². The van der Waals surface area contributed by atoms with Crippen molar-refractivity contribution < 1.29 is 8.42 Å². The molecule has 74 valence electrons.